The Balaban J connectivity index is 0.000000721. The first-order valence-corrected chi connectivity index (χ1v) is 44.8. The van der Waals surface area contributed by atoms with Gasteiger partial charge in [-0.25, -0.2) is 0 Å². The number of rotatable bonds is 15. The molecule has 707 valence electrons. The van der Waals surface area contributed by atoms with E-state index in [0.29, 0.717) is 43.9 Å². The van der Waals surface area contributed by atoms with Crippen LogP contribution in [-0.4, -0.2) is 137 Å². The Morgan fingerprint density at radius 3 is 0.921 bits per heavy atom. The number of fused-ring (bicyclic) bond motifs is 5. The van der Waals surface area contributed by atoms with E-state index in [2.05, 4.69) is 224 Å². The summed E-state index contributed by atoms with van der Waals surface area (Å²) in [5, 5.41) is 91.8. The van der Waals surface area contributed by atoms with Gasteiger partial charge in [0.1, 0.15) is 0 Å². The molecule has 0 saturated heterocycles. The van der Waals surface area contributed by atoms with Crippen molar-refractivity contribution in [2.24, 2.45) is 11.8 Å². The zero-order valence-electron chi connectivity index (χ0n) is 78.0. The number of benzene rings is 5. The Hall–Kier alpha value is -5.30. The van der Waals surface area contributed by atoms with Gasteiger partial charge >= 0.3 is 0 Å². The smallest absolute Gasteiger partial charge is 0.0536 e. The van der Waals surface area contributed by atoms with E-state index in [9.17, 15) is 0 Å². The van der Waals surface area contributed by atoms with Crippen LogP contribution < -0.4 is 0 Å². The number of pyridine rings is 5. The van der Waals surface area contributed by atoms with Crippen molar-refractivity contribution in [1.82, 2.24) is 24.9 Å². The van der Waals surface area contributed by atoms with Gasteiger partial charge in [0, 0.05) is 128 Å². The number of aryl methyl sites for hydroxylation is 5. The van der Waals surface area contributed by atoms with Crippen LogP contribution in [0.15, 0.2) is 152 Å². The minimum Gasteiger partial charge on any atom is -0.393 e. The fraction of sp³-hybridized carbons (Fsp3) is 0.486. The first-order chi connectivity index (χ1) is 58.1. The maximum atomic E-state index is 8.56. The second-order valence-corrected chi connectivity index (χ2v) is 34.3. The average molecular weight is 2620 g/mol. The van der Waals surface area contributed by atoms with Crippen molar-refractivity contribution in [2.75, 3.05) is 0 Å². The van der Waals surface area contributed by atoms with Gasteiger partial charge in [-0.2, -0.15) is 27.9 Å². The van der Waals surface area contributed by atoms with E-state index in [4.69, 9.17) is 76.0 Å². The number of aromatic nitrogens is 5. The molecule has 10 aromatic rings. The van der Waals surface area contributed by atoms with Crippen LogP contribution in [0.3, 0.4) is 0 Å². The number of aliphatic hydroxyl groups excluding tert-OH is 10. The number of nitrogens with zero attached hydrogens (tertiary/aromatic N) is 5. The third kappa shape index (κ3) is 45.3. The van der Waals surface area contributed by atoms with Crippen LogP contribution >= 0.6 is 0 Å². The zero-order valence-corrected chi connectivity index (χ0v) is 90.0. The van der Waals surface area contributed by atoms with Gasteiger partial charge in [0.25, 0.3) is 0 Å². The van der Waals surface area contributed by atoms with Crippen LogP contribution in [0.5, 0.6) is 0 Å². The predicted molar refractivity (Wildman–Crippen MR) is 507 cm³/mol. The van der Waals surface area contributed by atoms with Crippen molar-refractivity contribution in [2.45, 2.75) is 326 Å². The third-order valence-electron chi connectivity index (χ3n) is 21.1. The van der Waals surface area contributed by atoms with Gasteiger partial charge in [-0.05, 0) is 185 Å². The van der Waals surface area contributed by atoms with Crippen LogP contribution in [0.25, 0.3) is 82.4 Å². The molecule has 5 radical (unpaired) electrons. The summed E-state index contributed by atoms with van der Waals surface area (Å²) in [6, 6.07) is 52.9. The van der Waals surface area contributed by atoms with Crippen LogP contribution in [0, 0.1) is 76.8 Å². The number of allylic oxidation sites excluding steroid dienone is 10. The van der Waals surface area contributed by atoms with Crippen LogP contribution in [0.2, 0.25) is 0 Å². The Morgan fingerprint density at radius 1 is 0.276 bits per heavy atom. The van der Waals surface area contributed by atoms with E-state index >= 15 is 0 Å². The summed E-state index contributed by atoms with van der Waals surface area (Å²) in [6.45, 7) is 31.9. The molecular weight excluding hydrogens is 2480 g/mol. The van der Waals surface area contributed by atoms with Gasteiger partial charge in [-0.15, -0.1) is 60.4 Å². The van der Waals surface area contributed by atoms with E-state index in [1.807, 2.05) is 6.07 Å². The van der Waals surface area contributed by atoms with E-state index < -0.39 is 0 Å². The van der Waals surface area contributed by atoms with E-state index in [-0.39, 0.29) is 162 Å². The fourth-order valence-electron chi connectivity index (χ4n) is 15.4. The van der Waals surface area contributed by atoms with Crippen molar-refractivity contribution in [3.63, 3.8) is 0 Å². The zero-order chi connectivity index (χ0) is 89.4. The molecule has 0 spiro atoms. The summed E-state index contributed by atoms with van der Waals surface area (Å²) in [6.07, 6.45) is 37.8. The quantitative estimate of drug-likeness (QED) is 0.0428. The maximum Gasteiger partial charge on any atom is 0.0536 e. The molecule has 0 saturated carbocycles. The molecule has 0 fully saturated rings. The minimum atomic E-state index is -0.375. The topological polar surface area (TPSA) is 267 Å². The van der Waals surface area contributed by atoms with Gasteiger partial charge in [-0.3, -0.25) is 30.4 Å². The molecule has 5 aromatic carbocycles. The first-order valence-electron chi connectivity index (χ1n) is 44.8. The standard InChI is InChI=1S/2C17H18N.3C16H16N.5C5H12O2.5Ir/c1-12-6-5-7-14(10-12)17-11-13(2)15-8-3-4-9-16(15)18-17;1-12-6-5-8-15(10-12)17-13(2)11-14-7-3-4-9-16(14)18-17;1-12-6-5-9-16-14(12)10-11-15(17-16)13-7-3-2-4-8-13;1-12-11-16(13-7-3-2-4-8-13)17-15-10-6-5-9-14(12)15;1-12-11-14-9-5-6-10-15(14)17-16(12)13-7-3-2-4-8-13;5*1-4(6)3-5(2)7;;;;;/h3-4,8-9,11-12H,5-7H2,1-2H3;3-4,7,9,11-12H,5-6,8H2,1-2H3;3*5-6,9-11H,2-4,7H2,1H3;5*4-7H,3H2,1-2H3;;;;;/q5*-1;;;;;;;;;;. The van der Waals surface area contributed by atoms with E-state index in [0.717, 1.165) is 107 Å². The summed E-state index contributed by atoms with van der Waals surface area (Å²) in [5.41, 5.74) is 24.2. The van der Waals surface area contributed by atoms with Crippen molar-refractivity contribution >= 4 is 82.4 Å². The molecule has 0 aliphatic heterocycles. The number of para-hydroxylation sites is 4. The van der Waals surface area contributed by atoms with Crippen LogP contribution in [0.4, 0.5) is 0 Å². The maximum absolute atomic E-state index is 8.56. The fourth-order valence-corrected chi connectivity index (χ4v) is 15.4. The molecule has 20 heteroatoms. The second-order valence-electron chi connectivity index (χ2n) is 34.3. The predicted octanol–water partition coefficient (Wildman–Crippen LogP) is 22.7. The summed E-state index contributed by atoms with van der Waals surface area (Å²) in [7, 11) is 0. The van der Waals surface area contributed by atoms with Crippen molar-refractivity contribution in [1.29, 1.82) is 0 Å². The van der Waals surface area contributed by atoms with Gasteiger partial charge in [0.15, 0.2) is 0 Å². The number of hydrogen-bond acceptors (Lipinski definition) is 15. The average Bonchev–Trinajstić information content (AvgIpc) is 0.821. The molecule has 5 aliphatic carbocycles. The van der Waals surface area contributed by atoms with Gasteiger partial charge in [0.2, 0.25) is 0 Å². The summed E-state index contributed by atoms with van der Waals surface area (Å²) in [4.78, 5) is 23.9. The monoisotopic (exact) mass is 2620 g/mol. The molecular formula is C107H144Ir5N5O10-5. The van der Waals surface area contributed by atoms with Gasteiger partial charge < -0.3 is 76.0 Å². The number of aliphatic hydroxyl groups is 10. The molecule has 10 N–H and O–H groups in total. The van der Waals surface area contributed by atoms with Crippen molar-refractivity contribution < 1.29 is 152 Å². The summed E-state index contributed by atoms with van der Waals surface area (Å²) in [5.74, 6) is 1.14. The summed E-state index contributed by atoms with van der Waals surface area (Å²) < 4.78 is 0. The Bertz CT molecular complexity index is 4840. The largest absolute Gasteiger partial charge is 0.393 e. The van der Waals surface area contributed by atoms with Gasteiger partial charge in [0.05, 0.1) is 61.0 Å². The molecule has 12 unspecified atom stereocenters. The Labute approximate surface area is 828 Å². The molecule has 15 nitrogen and oxygen atoms in total. The van der Waals surface area contributed by atoms with Gasteiger partial charge in [-0.1, -0.05) is 267 Å². The molecule has 5 aromatic heterocycles. The molecule has 15 rings (SSSR count). The molecule has 5 heterocycles. The first kappa shape index (κ1) is 120. The second kappa shape index (κ2) is 64.5. The molecule has 5 aliphatic rings. The van der Waals surface area contributed by atoms with Crippen molar-refractivity contribution in [3.8, 4) is 0 Å². The molecule has 0 bridgehead atoms. The van der Waals surface area contributed by atoms with E-state index in [1.54, 1.807) is 69.2 Å². The SMILES string of the molecule is CC(O)CC(C)O.CC(O)CC(C)O.CC(O)CC(C)O.CC(O)CC(C)O.CC(O)CC(C)O.Cc1cc(C2=[C-]C(C)CCC2)nc2ccccc12.Cc1cc(C2=[C-]CCCC2)nc2ccccc12.Cc1cc2ccccc2nc1C1=[C-]C(C)CCC1.Cc1cc2ccccc2nc1C1=[C-]CCCC1.Cc1cccc2nc(C3=[C-]CCCC3)ccc12.[Ir].[Ir].[Ir].[Ir].[Ir]. The molecule has 127 heavy (non-hydrogen) atoms. The normalized spacial score (nSPS) is 17.2. The summed E-state index contributed by atoms with van der Waals surface area (Å²) >= 11 is 0. The Kier molecular flexibility index (Phi) is 60.8. The third-order valence-corrected chi connectivity index (χ3v) is 21.1. The Morgan fingerprint density at radius 2 is 0.567 bits per heavy atom. The van der Waals surface area contributed by atoms with Crippen LogP contribution in [-0.2, 0) is 101 Å². The molecule has 12 atom stereocenters. The minimum absolute atomic E-state index is 0. The molecule has 0 amide bonds. The number of hydrogen-bond donors (Lipinski definition) is 10. The van der Waals surface area contributed by atoms with Crippen LogP contribution in [0.1, 0.15) is 287 Å². The van der Waals surface area contributed by atoms with Crippen molar-refractivity contribution in [3.05, 3.63) is 238 Å². The van der Waals surface area contributed by atoms with E-state index in [1.165, 1.54) is 147 Å².